The number of rotatable bonds is 4. The summed E-state index contributed by atoms with van der Waals surface area (Å²) in [5.74, 6) is 3.44. The highest BCUT2D eigenvalue weighted by Crippen LogP contribution is 2.49. The normalized spacial score (nSPS) is 35.5. The molecule has 0 aromatic heterocycles. The third-order valence-electron chi connectivity index (χ3n) is 4.10. The van der Waals surface area contributed by atoms with Crippen molar-refractivity contribution in [3.05, 3.63) is 0 Å². The lowest BCUT2D eigenvalue weighted by atomic mass is 9.84. The van der Waals surface area contributed by atoms with E-state index in [4.69, 9.17) is 0 Å². The van der Waals surface area contributed by atoms with E-state index >= 15 is 0 Å². The Morgan fingerprint density at radius 3 is 2.80 bits per heavy atom. The largest absolute Gasteiger partial charge is 0.353 e. The molecule has 0 saturated heterocycles. The summed E-state index contributed by atoms with van der Waals surface area (Å²) >= 11 is 1.60. The first-order valence-electron chi connectivity index (χ1n) is 5.99. The zero-order valence-electron chi connectivity index (χ0n) is 9.66. The van der Waals surface area contributed by atoms with Gasteiger partial charge in [0.05, 0.1) is 5.75 Å². The molecule has 0 heterocycles. The van der Waals surface area contributed by atoms with Gasteiger partial charge in [0.2, 0.25) is 5.91 Å². The average Bonchev–Trinajstić information content (AvgIpc) is 2.78. The van der Waals surface area contributed by atoms with Gasteiger partial charge in [-0.1, -0.05) is 6.42 Å². The number of amides is 1. The molecule has 3 heteroatoms. The van der Waals surface area contributed by atoms with Crippen molar-refractivity contribution in [3.63, 3.8) is 0 Å². The number of nitrogens with one attached hydrogen (secondary N) is 1. The Hall–Kier alpha value is -0.180. The molecule has 1 amide bonds. The van der Waals surface area contributed by atoms with Gasteiger partial charge in [0, 0.05) is 6.04 Å². The zero-order chi connectivity index (χ0) is 10.8. The Balaban J connectivity index is 1.81. The summed E-state index contributed by atoms with van der Waals surface area (Å²) in [7, 11) is 0. The first kappa shape index (κ1) is 11.3. The Morgan fingerprint density at radius 2 is 2.27 bits per heavy atom. The molecule has 2 saturated carbocycles. The van der Waals surface area contributed by atoms with Gasteiger partial charge in [0.1, 0.15) is 0 Å². The smallest absolute Gasteiger partial charge is 0.230 e. The summed E-state index contributed by atoms with van der Waals surface area (Å²) in [5.41, 5.74) is 0. The van der Waals surface area contributed by atoms with E-state index in [1.165, 1.54) is 25.7 Å². The lowest BCUT2D eigenvalue weighted by molar-refractivity contribution is -0.119. The van der Waals surface area contributed by atoms with Crippen LogP contribution in [0.3, 0.4) is 0 Å². The molecule has 1 N–H and O–H groups in total. The summed E-state index contributed by atoms with van der Waals surface area (Å²) in [6, 6.07) is 0.389. The second-order valence-corrected chi connectivity index (χ2v) is 5.99. The number of hydrogen-bond acceptors (Lipinski definition) is 2. The molecular formula is C12H21NOS. The van der Waals surface area contributed by atoms with E-state index in [0.717, 1.165) is 17.8 Å². The van der Waals surface area contributed by atoms with Gasteiger partial charge in [-0.05, 0) is 50.2 Å². The van der Waals surface area contributed by atoms with Crippen LogP contribution >= 0.6 is 11.8 Å². The SMILES string of the molecule is CSCC(=O)NC(C)C1CC2CCC1C2. The first-order valence-corrected chi connectivity index (χ1v) is 7.38. The Morgan fingerprint density at radius 1 is 1.47 bits per heavy atom. The summed E-state index contributed by atoms with van der Waals surface area (Å²) in [6.45, 7) is 2.18. The molecular weight excluding hydrogens is 206 g/mol. The van der Waals surface area contributed by atoms with Crippen LogP contribution in [0.4, 0.5) is 0 Å². The van der Waals surface area contributed by atoms with Gasteiger partial charge in [0.15, 0.2) is 0 Å². The second kappa shape index (κ2) is 4.77. The van der Waals surface area contributed by atoms with Crippen LogP contribution in [-0.4, -0.2) is 24.0 Å². The maximum Gasteiger partial charge on any atom is 0.230 e. The molecule has 0 spiro atoms. The topological polar surface area (TPSA) is 29.1 Å². The van der Waals surface area contributed by atoms with E-state index < -0.39 is 0 Å². The van der Waals surface area contributed by atoms with Crippen molar-refractivity contribution in [2.24, 2.45) is 17.8 Å². The molecule has 2 nitrogen and oxygen atoms in total. The van der Waals surface area contributed by atoms with Crippen molar-refractivity contribution in [1.29, 1.82) is 0 Å². The van der Waals surface area contributed by atoms with E-state index in [9.17, 15) is 4.79 Å². The lowest BCUT2D eigenvalue weighted by Crippen LogP contribution is -2.40. The summed E-state index contributed by atoms with van der Waals surface area (Å²) in [6.07, 6.45) is 7.59. The Bertz CT molecular complexity index is 244. The minimum Gasteiger partial charge on any atom is -0.353 e. The van der Waals surface area contributed by atoms with E-state index in [1.807, 2.05) is 6.26 Å². The van der Waals surface area contributed by atoms with Crippen molar-refractivity contribution >= 4 is 17.7 Å². The molecule has 4 atom stereocenters. The third kappa shape index (κ3) is 2.49. The van der Waals surface area contributed by atoms with Gasteiger partial charge < -0.3 is 5.32 Å². The van der Waals surface area contributed by atoms with Crippen molar-refractivity contribution < 1.29 is 4.79 Å². The van der Waals surface area contributed by atoms with E-state index in [1.54, 1.807) is 11.8 Å². The highest BCUT2D eigenvalue weighted by Gasteiger charge is 2.41. The van der Waals surface area contributed by atoms with Gasteiger partial charge in [-0.15, -0.1) is 0 Å². The Labute approximate surface area is 96.6 Å². The van der Waals surface area contributed by atoms with Crippen molar-refractivity contribution in [3.8, 4) is 0 Å². The number of thioether (sulfide) groups is 1. The molecule has 0 radical (unpaired) electrons. The Kier molecular flexibility index (Phi) is 3.60. The lowest BCUT2D eigenvalue weighted by Gasteiger charge is -2.28. The second-order valence-electron chi connectivity index (χ2n) is 5.13. The minimum absolute atomic E-state index is 0.206. The van der Waals surface area contributed by atoms with Gasteiger partial charge in [-0.3, -0.25) is 4.79 Å². The molecule has 2 aliphatic carbocycles. The highest BCUT2D eigenvalue weighted by atomic mass is 32.2. The third-order valence-corrected chi connectivity index (χ3v) is 4.65. The molecule has 2 aliphatic rings. The van der Waals surface area contributed by atoms with Crippen LogP contribution in [0, 0.1) is 17.8 Å². The molecule has 86 valence electrons. The standard InChI is InChI=1S/C12H21NOS/c1-8(13-12(14)7-15-2)11-6-9-3-4-10(11)5-9/h8-11H,3-7H2,1-2H3,(H,13,14). The maximum atomic E-state index is 11.5. The van der Waals surface area contributed by atoms with Gasteiger partial charge in [-0.2, -0.15) is 11.8 Å². The molecule has 2 fully saturated rings. The number of hydrogen-bond donors (Lipinski definition) is 1. The first-order chi connectivity index (χ1) is 7.20. The molecule has 0 aromatic carbocycles. The van der Waals surface area contributed by atoms with Gasteiger partial charge in [-0.25, -0.2) is 0 Å². The zero-order valence-corrected chi connectivity index (χ0v) is 10.5. The van der Waals surface area contributed by atoms with Crippen LogP contribution < -0.4 is 5.32 Å². The fraction of sp³-hybridized carbons (Fsp3) is 0.917. The molecule has 0 aliphatic heterocycles. The fourth-order valence-corrected chi connectivity index (χ4v) is 3.79. The van der Waals surface area contributed by atoms with E-state index in [2.05, 4.69) is 12.2 Å². The van der Waals surface area contributed by atoms with Crippen molar-refractivity contribution in [1.82, 2.24) is 5.32 Å². The molecule has 2 rings (SSSR count). The molecule has 2 bridgehead atoms. The molecule has 15 heavy (non-hydrogen) atoms. The summed E-state index contributed by atoms with van der Waals surface area (Å²) < 4.78 is 0. The molecule has 4 unspecified atom stereocenters. The van der Waals surface area contributed by atoms with E-state index in [-0.39, 0.29) is 5.91 Å². The number of carbonyl (C=O) groups is 1. The van der Waals surface area contributed by atoms with Crippen LogP contribution in [0.2, 0.25) is 0 Å². The van der Waals surface area contributed by atoms with E-state index in [0.29, 0.717) is 11.8 Å². The van der Waals surface area contributed by atoms with Gasteiger partial charge >= 0.3 is 0 Å². The monoisotopic (exact) mass is 227 g/mol. The predicted octanol–water partition coefficient (Wildman–Crippen LogP) is 2.29. The molecule has 0 aromatic rings. The number of fused-ring (bicyclic) bond motifs is 2. The minimum atomic E-state index is 0.206. The summed E-state index contributed by atoms with van der Waals surface area (Å²) in [4.78, 5) is 11.5. The number of carbonyl (C=O) groups excluding carboxylic acids is 1. The van der Waals surface area contributed by atoms with Crippen LogP contribution in [-0.2, 0) is 4.79 Å². The van der Waals surface area contributed by atoms with Gasteiger partial charge in [0.25, 0.3) is 0 Å². The highest BCUT2D eigenvalue weighted by molar-refractivity contribution is 7.99. The fourth-order valence-electron chi connectivity index (χ4n) is 3.44. The quantitative estimate of drug-likeness (QED) is 0.798. The van der Waals surface area contributed by atoms with Crippen molar-refractivity contribution in [2.45, 2.75) is 38.6 Å². The maximum absolute atomic E-state index is 11.5. The van der Waals surface area contributed by atoms with Crippen LogP contribution in [0.25, 0.3) is 0 Å². The predicted molar refractivity (Wildman–Crippen MR) is 64.9 cm³/mol. The average molecular weight is 227 g/mol. The van der Waals surface area contributed by atoms with Crippen molar-refractivity contribution in [2.75, 3.05) is 12.0 Å². The van der Waals surface area contributed by atoms with Crippen LogP contribution in [0.5, 0.6) is 0 Å². The van der Waals surface area contributed by atoms with Crippen LogP contribution in [0.15, 0.2) is 0 Å². The van der Waals surface area contributed by atoms with Crippen LogP contribution in [0.1, 0.15) is 32.6 Å². The summed E-state index contributed by atoms with van der Waals surface area (Å²) in [5, 5.41) is 3.15.